The van der Waals surface area contributed by atoms with Gasteiger partial charge in [0.05, 0.1) is 25.4 Å². The molecule has 2 atom stereocenters. The van der Waals surface area contributed by atoms with Gasteiger partial charge >= 0.3 is 5.97 Å². The lowest BCUT2D eigenvalue weighted by atomic mass is 10.0. The van der Waals surface area contributed by atoms with Crippen molar-refractivity contribution in [1.29, 1.82) is 0 Å². The molecule has 0 bridgehead atoms. The Bertz CT molecular complexity index is 1520. The maximum Gasteiger partial charge on any atom is 0.305 e. The normalized spacial score (nSPS) is 12.7. The fraction of sp³-hybridized carbons (Fsp3) is 0.882. The number of carbonyl (C=O) groups excluding carboxylic acids is 2. The maximum atomic E-state index is 12.5. The van der Waals surface area contributed by atoms with E-state index in [-0.39, 0.29) is 18.5 Å². The summed E-state index contributed by atoms with van der Waals surface area (Å²) >= 11 is 0. The monoisotopic (exact) mass is 1280 g/mol. The highest BCUT2D eigenvalue weighted by molar-refractivity contribution is 5.76. The van der Waals surface area contributed by atoms with Crippen molar-refractivity contribution in [3.05, 3.63) is 48.6 Å². The zero-order chi connectivity index (χ0) is 65.6. The van der Waals surface area contributed by atoms with Gasteiger partial charge in [-0.15, -0.1) is 0 Å². The Hall–Kier alpha value is -2.18. The van der Waals surface area contributed by atoms with Crippen LogP contribution in [0.1, 0.15) is 457 Å². The van der Waals surface area contributed by atoms with E-state index >= 15 is 0 Å². The summed E-state index contributed by atoms with van der Waals surface area (Å²) in [5, 5.41) is 23.3. The molecule has 0 saturated heterocycles. The Morgan fingerprint density at radius 3 is 0.857 bits per heavy atom. The second-order valence-corrected chi connectivity index (χ2v) is 28.4. The van der Waals surface area contributed by atoms with E-state index in [9.17, 15) is 19.8 Å². The average Bonchev–Trinajstić information content (AvgIpc) is 3.66. The molecule has 0 spiro atoms. The molecule has 536 valence electrons. The Kier molecular flexibility index (Phi) is 78.3. The zero-order valence-corrected chi connectivity index (χ0v) is 61.6. The van der Waals surface area contributed by atoms with Gasteiger partial charge in [0, 0.05) is 12.8 Å². The van der Waals surface area contributed by atoms with Gasteiger partial charge in [-0.25, -0.2) is 0 Å². The van der Waals surface area contributed by atoms with E-state index in [1.165, 1.54) is 379 Å². The summed E-state index contributed by atoms with van der Waals surface area (Å²) in [5.41, 5.74) is 0. The van der Waals surface area contributed by atoms with Crippen molar-refractivity contribution < 1.29 is 24.5 Å². The van der Waals surface area contributed by atoms with Crippen LogP contribution in [0.3, 0.4) is 0 Å². The molecule has 0 aliphatic heterocycles. The number of nitrogens with one attached hydrogen (secondary N) is 1. The molecule has 2 unspecified atom stereocenters. The van der Waals surface area contributed by atoms with Crippen molar-refractivity contribution in [2.75, 3.05) is 13.2 Å². The molecule has 0 saturated carbocycles. The molecule has 91 heavy (non-hydrogen) atoms. The summed E-state index contributed by atoms with van der Waals surface area (Å²) in [7, 11) is 0. The first-order valence-corrected chi connectivity index (χ1v) is 41.4. The van der Waals surface area contributed by atoms with Crippen LogP contribution in [0, 0.1) is 0 Å². The molecule has 6 nitrogen and oxygen atoms in total. The Labute approximate surface area is 569 Å². The molecule has 0 aromatic rings. The first-order chi connectivity index (χ1) is 45.0. The summed E-state index contributed by atoms with van der Waals surface area (Å²) in [6.45, 7) is 4.93. The van der Waals surface area contributed by atoms with E-state index in [4.69, 9.17) is 4.74 Å². The minimum Gasteiger partial charge on any atom is -0.466 e. The van der Waals surface area contributed by atoms with Gasteiger partial charge in [-0.05, 0) is 89.9 Å². The third-order valence-corrected chi connectivity index (χ3v) is 19.3. The van der Waals surface area contributed by atoms with Crippen molar-refractivity contribution in [2.45, 2.75) is 469 Å². The number of carbonyl (C=O) groups is 2. The number of allylic oxidation sites excluding steroid dienone is 7. The van der Waals surface area contributed by atoms with Gasteiger partial charge in [0.2, 0.25) is 5.91 Å². The van der Waals surface area contributed by atoms with Crippen molar-refractivity contribution in [1.82, 2.24) is 5.32 Å². The van der Waals surface area contributed by atoms with E-state index in [1.807, 2.05) is 6.08 Å². The van der Waals surface area contributed by atoms with Crippen LogP contribution in [0.25, 0.3) is 0 Å². The first-order valence-electron chi connectivity index (χ1n) is 41.4. The fourth-order valence-corrected chi connectivity index (χ4v) is 13.0. The highest BCUT2D eigenvalue weighted by atomic mass is 16.5. The number of ether oxygens (including phenoxy) is 1. The standard InChI is InChI=1S/C85H161NO5/c1-3-5-7-9-11-13-15-17-19-21-22-40-43-46-49-53-57-61-65-69-73-77-83(88)82(81-87)86-84(89)78-74-70-66-62-58-54-50-47-44-41-38-36-34-32-30-28-26-24-23-25-27-29-31-33-35-37-39-42-45-48-52-56-60-64-68-72-76-80-91-85(90)79-75-71-67-63-59-55-51-20-18-16-14-12-10-8-6-4-2/h14,16,20,23,25,51,73,77,82-83,87-88H,3-13,15,17-19,21-22,24,26-50,52-72,74-76,78-81H2,1-2H3,(H,86,89)/b16-14-,25-23-,51-20-,77-73+. The number of rotatable bonds is 78. The summed E-state index contributed by atoms with van der Waals surface area (Å²) in [6, 6.07) is -0.626. The number of amides is 1. The van der Waals surface area contributed by atoms with Gasteiger partial charge < -0.3 is 20.3 Å². The van der Waals surface area contributed by atoms with E-state index in [0.717, 1.165) is 51.4 Å². The van der Waals surface area contributed by atoms with Crippen molar-refractivity contribution in [3.63, 3.8) is 0 Å². The molecule has 0 aromatic carbocycles. The highest BCUT2D eigenvalue weighted by Crippen LogP contribution is 2.20. The van der Waals surface area contributed by atoms with Gasteiger partial charge in [-0.1, -0.05) is 403 Å². The molecule has 0 aromatic heterocycles. The van der Waals surface area contributed by atoms with E-state index in [1.54, 1.807) is 6.08 Å². The predicted molar refractivity (Wildman–Crippen MR) is 402 cm³/mol. The SMILES string of the molecule is CCCCCC/C=C\C/C=C\CCCCCCCC(=O)OCCCCCCCCCCCCCCCCCC/C=C\CCCCCCCCCCCCCCCCCCCC(=O)NC(CO)C(O)/C=C/CCCCCCCCCCCCCCCCCCCCC. The topological polar surface area (TPSA) is 95.9 Å². The largest absolute Gasteiger partial charge is 0.466 e. The molecular weight excluding hydrogens is 1110 g/mol. The van der Waals surface area contributed by atoms with Gasteiger partial charge in [-0.2, -0.15) is 0 Å². The van der Waals surface area contributed by atoms with Crippen LogP contribution in [0.15, 0.2) is 48.6 Å². The summed E-state index contributed by atoms with van der Waals surface area (Å²) < 4.78 is 5.50. The fourth-order valence-electron chi connectivity index (χ4n) is 13.0. The van der Waals surface area contributed by atoms with Crippen molar-refractivity contribution in [3.8, 4) is 0 Å². The minimum atomic E-state index is -0.843. The van der Waals surface area contributed by atoms with Crippen LogP contribution in [0.2, 0.25) is 0 Å². The second kappa shape index (κ2) is 80.3. The van der Waals surface area contributed by atoms with E-state index < -0.39 is 12.1 Å². The minimum absolute atomic E-state index is 0.00824. The van der Waals surface area contributed by atoms with Crippen molar-refractivity contribution >= 4 is 11.9 Å². The van der Waals surface area contributed by atoms with Crippen LogP contribution < -0.4 is 5.32 Å². The molecule has 0 radical (unpaired) electrons. The third kappa shape index (κ3) is 76.7. The van der Waals surface area contributed by atoms with Gasteiger partial charge in [0.25, 0.3) is 0 Å². The molecule has 0 aliphatic carbocycles. The van der Waals surface area contributed by atoms with Crippen LogP contribution in [0.4, 0.5) is 0 Å². The van der Waals surface area contributed by atoms with Gasteiger partial charge in [0.1, 0.15) is 0 Å². The number of aliphatic hydroxyl groups is 2. The number of hydrogen-bond donors (Lipinski definition) is 3. The number of hydrogen-bond acceptors (Lipinski definition) is 5. The van der Waals surface area contributed by atoms with Gasteiger partial charge in [-0.3, -0.25) is 9.59 Å². The molecule has 0 heterocycles. The van der Waals surface area contributed by atoms with E-state index in [2.05, 4.69) is 55.6 Å². The lowest BCUT2D eigenvalue weighted by molar-refractivity contribution is -0.143. The summed E-state index contributed by atoms with van der Waals surface area (Å²) in [6.07, 6.45) is 107. The molecule has 0 aliphatic rings. The zero-order valence-electron chi connectivity index (χ0n) is 61.6. The molecule has 1 amide bonds. The smallest absolute Gasteiger partial charge is 0.305 e. The third-order valence-electron chi connectivity index (χ3n) is 19.3. The molecule has 3 N–H and O–H groups in total. The molecule has 0 rings (SSSR count). The summed E-state index contributed by atoms with van der Waals surface area (Å²) in [5.74, 6) is -0.0514. The summed E-state index contributed by atoms with van der Waals surface area (Å²) in [4.78, 5) is 24.6. The average molecular weight is 1280 g/mol. The molecule has 6 heteroatoms. The lowest BCUT2D eigenvalue weighted by Crippen LogP contribution is -2.45. The molecule has 0 fully saturated rings. The van der Waals surface area contributed by atoms with Crippen LogP contribution >= 0.6 is 0 Å². The maximum absolute atomic E-state index is 12.5. The number of esters is 1. The second-order valence-electron chi connectivity index (χ2n) is 28.4. The first kappa shape index (κ1) is 88.8. The Morgan fingerprint density at radius 1 is 0.308 bits per heavy atom. The quantitative estimate of drug-likeness (QED) is 0.0320. The highest BCUT2D eigenvalue weighted by Gasteiger charge is 2.18. The van der Waals surface area contributed by atoms with E-state index in [0.29, 0.717) is 19.4 Å². The van der Waals surface area contributed by atoms with Crippen LogP contribution in [-0.4, -0.2) is 47.4 Å². The Balaban J connectivity index is 3.36. The van der Waals surface area contributed by atoms with Gasteiger partial charge in [0.15, 0.2) is 0 Å². The van der Waals surface area contributed by atoms with Crippen molar-refractivity contribution in [2.24, 2.45) is 0 Å². The lowest BCUT2D eigenvalue weighted by Gasteiger charge is -2.20. The number of unbranched alkanes of at least 4 members (excludes halogenated alkanes) is 61. The molecular formula is C85H161NO5. The predicted octanol–water partition coefficient (Wildman–Crippen LogP) is 27.5. The van der Waals surface area contributed by atoms with Crippen LogP contribution in [0.5, 0.6) is 0 Å². The Morgan fingerprint density at radius 2 is 0.549 bits per heavy atom. The van der Waals surface area contributed by atoms with Crippen LogP contribution in [-0.2, 0) is 14.3 Å². The number of aliphatic hydroxyl groups excluding tert-OH is 2.